The third-order valence-corrected chi connectivity index (χ3v) is 7.45. The van der Waals surface area contributed by atoms with Crippen molar-refractivity contribution in [3.63, 3.8) is 0 Å². The number of rotatable bonds is 2. The fourth-order valence-electron chi connectivity index (χ4n) is 4.82. The minimum Gasteiger partial charge on any atom is -0.285 e. The molecule has 0 radical (unpaired) electrons. The molecule has 1 saturated carbocycles. The van der Waals surface area contributed by atoms with E-state index in [0.29, 0.717) is 16.7 Å². The number of nitrogens with zero attached hydrogens (tertiary/aromatic N) is 2. The summed E-state index contributed by atoms with van der Waals surface area (Å²) < 4.78 is 2.66. The van der Waals surface area contributed by atoms with E-state index in [-0.39, 0.29) is 0 Å². The van der Waals surface area contributed by atoms with Crippen LogP contribution in [0.2, 0.25) is 0 Å². The molecule has 2 aliphatic carbocycles. The molecule has 0 bridgehead atoms. The van der Waals surface area contributed by atoms with Gasteiger partial charge in [0.2, 0.25) is 0 Å². The first-order valence-electron chi connectivity index (χ1n) is 9.06. The van der Waals surface area contributed by atoms with Crippen molar-refractivity contribution >= 4 is 18.2 Å². The topological polar surface area (TPSA) is 15.6 Å². The highest BCUT2D eigenvalue weighted by atomic mass is 32.2. The molecule has 1 saturated heterocycles. The van der Waals surface area contributed by atoms with E-state index >= 15 is 0 Å². The van der Waals surface area contributed by atoms with Gasteiger partial charge in [0, 0.05) is 24.6 Å². The van der Waals surface area contributed by atoms with Crippen LogP contribution in [-0.2, 0) is 0 Å². The second-order valence-electron chi connectivity index (χ2n) is 7.84. The Hall–Kier alpha value is -0.540. The lowest BCUT2D eigenvalue weighted by atomic mass is 9.77. The van der Waals surface area contributed by atoms with Gasteiger partial charge in [0.25, 0.3) is 0 Å². The molecule has 1 spiro atoms. The molecule has 2 aliphatic heterocycles. The average Bonchev–Trinajstić information content (AvgIpc) is 2.91. The molecule has 3 atom stereocenters. The van der Waals surface area contributed by atoms with Gasteiger partial charge < -0.3 is 0 Å². The van der Waals surface area contributed by atoms with E-state index < -0.39 is 0 Å². The van der Waals surface area contributed by atoms with Gasteiger partial charge in [-0.25, -0.2) is 0 Å². The van der Waals surface area contributed by atoms with Crippen LogP contribution in [-0.4, -0.2) is 34.9 Å². The van der Waals surface area contributed by atoms with Crippen molar-refractivity contribution in [1.82, 2.24) is 4.31 Å². The summed E-state index contributed by atoms with van der Waals surface area (Å²) in [5, 5.41) is 0.667. The Balaban J connectivity index is 1.32. The summed E-state index contributed by atoms with van der Waals surface area (Å²) >= 11 is 2.11. The average molecular weight is 317 g/mol. The Morgan fingerprint density at radius 3 is 2.82 bits per heavy atom. The molecule has 2 nitrogen and oxygen atoms in total. The van der Waals surface area contributed by atoms with Gasteiger partial charge in [-0.1, -0.05) is 37.4 Å². The molecule has 22 heavy (non-hydrogen) atoms. The molecular formula is C19H28N2S. The zero-order valence-corrected chi connectivity index (χ0v) is 14.5. The standard InChI is InChI=1S/C19H28N2S/c1-15-6-7-19(14-15)8-11-21(12-9-19)22-17-4-5-18-16(13-17)3-2-10-20-18/h2-3,10,13,15,17-18H,4-9,11-12,14H2,1H3. The van der Waals surface area contributed by atoms with Crippen LogP contribution in [0, 0.1) is 11.3 Å². The second-order valence-corrected chi connectivity index (χ2v) is 9.17. The highest BCUT2D eigenvalue weighted by Crippen LogP contribution is 2.49. The maximum atomic E-state index is 4.58. The zero-order valence-electron chi connectivity index (χ0n) is 13.7. The van der Waals surface area contributed by atoms with Gasteiger partial charge in [-0.3, -0.25) is 9.30 Å². The molecular weight excluding hydrogens is 288 g/mol. The van der Waals surface area contributed by atoms with Gasteiger partial charge >= 0.3 is 0 Å². The Labute approximate surface area is 139 Å². The summed E-state index contributed by atoms with van der Waals surface area (Å²) in [5.74, 6) is 0.970. The van der Waals surface area contributed by atoms with Crippen molar-refractivity contribution in [2.45, 2.75) is 63.2 Å². The van der Waals surface area contributed by atoms with Gasteiger partial charge in [0.15, 0.2) is 0 Å². The van der Waals surface area contributed by atoms with E-state index in [1.165, 1.54) is 63.6 Å². The molecule has 4 aliphatic rings. The summed E-state index contributed by atoms with van der Waals surface area (Å²) in [5.41, 5.74) is 2.16. The SMILES string of the molecule is CC1CCC2(CCN(SC3C=C4C=CC=NC4CC3)CC2)C1. The highest BCUT2D eigenvalue weighted by molar-refractivity contribution is 7.97. The van der Waals surface area contributed by atoms with Crippen molar-refractivity contribution in [2.75, 3.05) is 13.1 Å². The smallest absolute Gasteiger partial charge is 0.0746 e. The highest BCUT2D eigenvalue weighted by Gasteiger charge is 2.40. The maximum absolute atomic E-state index is 4.58. The van der Waals surface area contributed by atoms with Gasteiger partial charge in [-0.15, -0.1) is 0 Å². The normalized spacial score (nSPS) is 37.3. The van der Waals surface area contributed by atoms with E-state index in [1.807, 2.05) is 6.21 Å². The minimum absolute atomic E-state index is 0.450. The number of dihydropyridines is 1. The number of fused-ring (bicyclic) bond motifs is 1. The minimum atomic E-state index is 0.450. The van der Waals surface area contributed by atoms with Crippen molar-refractivity contribution < 1.29 is 0 Å². The molecule has 120 valence electrons. The van der Waals surface area contributed by atoms with Crippen molar-refractivity contribution in [2.24, 2.45) is 16.3 Å². The molecule has 0 N–H and O–H groups in total. The van der Waals surface area contributed by atoms with Crippen LogP contribution in [0.3, 0.4) is 0 Å². The quantitative estimate of drug-likeness (QED) is 0.690. The zero-order chi connectivity index (χ0) is 15.0. The van der Waals surface area contributed by atoms with Crippen LogP contribution in [0.1, 0.15) is 51.9 Å². The fraction of sp³-hybridized carbons (Fsp3) is 0.737. The third-order valence-electron chi connectivity index (χ3n) is 6.14. The van der Waals surface area contributed by atoms with Gasteiger partial charge in [-0.2, -0.15) is 0 Å². The molecule has 2 fully saturated rings. The van der Waals surface area contributed by atoms with Crippen molar-refractivity contribution in [3.05, 3.63) is 23.8 Å². The molecule has 4 rings (SSSR count). The number of piperidine rings is 1. The number of hydrogen-bond acceptors (Lipinski definition) is 3. The predicted octanol–water partition coefficient (Wildman–Crippen LogP) is 4.63. The first kappa shape index (κ1) is 15.0. The first-order valence-corrected chi connectivity index (χ1v) is 9.89. The summed E-state index contributed by atoms with van der Waals surface area (Å²) in [6.07, 6.45) is 18.6. The summed E-state index contributed by atoms with van der Waals surface area (Å²) in [4.78, 5) is 4.58. The van der Waals surface area contributed by atoms with E-state index in [2.05, 4.69) is 46.4 Å². The van der Waals surface area contributed by atoms with E-state index in [9.17, 15) is 0 Å². The maximum Gasteiger partial charge on any atom is 0.0746 e. The molecule has 0 aromatic heterocycles. The first-order chi connectivity index (χ1) is 10.7. The number of allylic oxidation sites excluding steroid dienone is 1. The lowest BCUT2D eigenvalue weighted by Gasteiger charge is -2.40. The Morgan fingerprint density at radius 1 is 1.18 bits per heavy atom. The van der Waals surface area contributed by atoms with Crippen LogP contribution < -0.4 is 0 Å². The lowest BCUT2D eigenvalue weighted by Crippen LogP contribution is -2.36. The monoisotopic (exact) mass is 316 g/mol. The van der Waals surface area contributed by atoms with Gasteiger partial charge in [-0.05, 0) is 61.5 Å². The molecule has 0 aromatic rings. The molecule has 3 unspecified atom stereocenters. The molecule has 0 amide bonds. The summed E-state index contributed by atoms with van der Waals surface area (Å²) in [6, 6.07) is 0.450. The summed E-state index contributed by atoms with van der Waals surface area (Å²) in [7, 11) is 0. The molecule has 0 aromatic carbocycles. The summed E-state index contributed by atoms with van der Waals surface area (Å²) in [6.45, 7) is 5.05. The van der Waals surface area contributed by atoms with Crippen molar-refractivity contribution in [1.29, 1.82) is 0 Å². The Morgan fingerprint density at radius 2 is 2.05 bits per heavy atom. The van der Waals surface area contributed by atoms with Crippen LogP contribution in [0.5, 0.6) is 0 Å². The van der Waals surface area contributed by atoms with E-state index in [0.717, 1.165) is 5.92 Å². The molecule has 3 heteroatoms. The Bertz CT molecular complexity index is 500. The fourth-order valence-corrected chi connectivity index (χ4v) is 6.06. The lowest BCUT2D eigenvalue weighted by molar-refractivity contribution is 0.162. The van der Waals surface area contributed by atoms with Crippen LogP contribution >= 0.6 is 11.9 Å². The van der Waals surface area contributed by atoms with E-state index in [1.54, 1.807) is 0 Å². The largest absolute Gasteiger partial charge is 0.285 e. The predicted molar refractivity (Wildman–Crippen MR) is 96.4 cm³/mol. The number of aliphatic imine (C=N–C) groups is 1. The van der Waals surface area contributed by atoms with Crippen LogP contribution in [0.25, 0.3) is 0 Å². The number of hydrogen-bond donors (Lipinski definition) is 0. The van der Waals surface area contributed by atoms with E-state index in [4.69, 9.17) is 0 Å². The second kappa shape index (κ2) is 6.16. The Kier molecular flexibility index (Phi) is 4.21. The van der Waals surface area contributed by atoms with Crippen LogP contribution in [0.4, 0.5) is 0 Å². The molecule has 2 heterocycles. The van der Waals surface area contributed by atoms with Gasteiger partial charge in [0.1, 0.15) is 0 Å². The third kappa shape index (κ3) is 3.07. The van der Waals surface area contributed by atoms with Crippen molar-refractivity contribution in [3.8, 4) is 0 Å². The van der Waals surface area contributed by atoms with Crippen LogP contribution in [0.15, 0.2) is 28.8 Å². The van der Waals surface area contributed by atoms with Gasteiger partial charge in [0.05, 0.1) is 6.04 Å².